The van der Waals surface area contributed by atoms with Gasteiger partial charge in [0.2, 0.25) is 5.91 Å². The van der Waals surface area contributed by atoms with Crippen LogP contribution in [0.3, 0.4) is 0 Å². The molecule has 3 atom stereocenters. The summed E-state index contributed by atoms with van der Waals surface area (Å²) in [7, 11) is 1.59. The summed E-state index contributed by atoms with van der Waals surface area (Å²) in [4.78, 5) is 27.0. The average molecular weight is 596 g/mol. The number of aliphatic hydroxyl groups excluding tert-OH is 1. The Kier molecular flexibility index (Phi) is 9.49. The fraction of sp³-hybridized carbons (Fsp3) is 0.387. The summed E-state index contributed by atoms with van der Waals surface area (Å²) in [5.74, 6) is -1.81. The second-order valence-corrected chi connectivity index (χ2v) is 10.6. The number of anilines is 1. The van der Waals surface area contributed by atoms with Gasteiger partial charge in [-0.1, -0.05) is 30.3 Å². The summed E-state index contributed by atoms with van der Waals surface area (Å²) in [5.41, 5.74) is 3.53. The number of urea groups is 1. The van der Waals surface area contributed by atoms with Crippen molar-refractivity contribution < 1.29 is 33.0 Å². The highest BCUT2D eigenvalue weighted by Gasteiger charge is 2.37. The smallest absolute Gasteiger partial charge is 0.320 e. The lowest BCUT2D eigenvalue weighted by molar-refractivity contribution is -0.133. The Morgan fingerprint density at radius 2 is 1.95 bits per heavy atom. The first-order valence-electron chi connectivity index (χ1n) is 14.2. The SMILES string of the molecule is COCC[C@@H]1C[C@@H](NC(=O)Nc2c(C)c(C3=CCN(C(=O)CO)CC3)nn2-c2ccccc2)[C@H](c2ccc(F)c(F)c2)O1. The van der Waals surface area contributed by atoms with Crippen LogP contribution >= 0.6 is 0 Å². The molecule has 1 saturated heterocycles. The molecule has 0 unspecified atom stereocenters. The molecule has 0 saturated carbocycles. The van der Waals surface area contributed by atoms with E-state index in [0.717, 1.165) is 29.0 Å². The van der Waals surface area contributed by atoms with E-state index < -0.39 is 36.4 Å². The number of rotatable bonds is 9. The Morgan fingerprint density at radius 3 is 2.63 bits per heavy atom. The van der Waals surface area contributed by atoms with Crippen LogP contribution in [0.1, 0.15) is 42.2 Å². The second-order valence-electron chi connectivity index (χ2n) is 10.6. The van der Waals surface area contributed by atoms with Crippen LogP contribution in [0.25, 0.3) is 11.3 Å². The summed E-state index contributed by atoms with van der Waals surface area (Å²) in [6.07, 6.45) is 2.56. The molecular weight excluding hydrogens is 560 g/mol. The first-order chi connectivity index (χ1) is 20.8. The number of amides is 3. The molecule has 2 aliphatic heterocycles. The third-order valence-corrected chi connectivity index (χ3v) is 7.81. The van der Waals surface area contributed by atoms with E-state index in [1.165, 1.54) is 6.07 Å². The van der Waals surface area contributed by atoms with Crippen molar-refractivity contribution in [3.8, 4) is 5.69 Å². The second kappa shape index (κ2) is 13.4. The van der Waals surface area contributed by atoms with Crippen molar-refractivity contribution in [2.75, 3.05) is 38.7 Å². The Hall–Kier alpha value is -4.13. The van der Waals surface area contributed by atoms with Crippen LogP contribution < -0.4 is 10.6 Å². The molecular formula is C31H35F2N5O5. The van der Waals surface area contributed by atoms with Crippen molar-refractivity contribution in [1.82, 2.24) is 20.0 Å². The molecule has 228 valence electrons. The Labute approximate surface area is 248 Å². The molecule has 0 radical (unpaired) electrons. The van der Waals surface area contributed by atoms with Crippen molar-refractivity contribution in [3.63, 3.8) is 0 Å². The Morgan fingerprint density at radius 1 is 1.16 bits per heavy atom. The van der Waals surface area contributed by atoms with Gasteiger partial charge in [0.25, 0.3) is 0 Å². The predicted molar refractivity (Wildman–Crippen MR) is 156 cm³/mol. The molecule has 10 nitrogen and oxygen atoms in total. The van der Waals surface area contributed by atoms with Crippen molar-refractivity contribution in [2.45, 2.75) is 44.4 Å². The van der Waals surface area contributed by atoms with Crippen molar-refractivity contribution in [3.05, 3.63) is 83.1 Å². The van der Waals surface area contributed by atoms with Crippen LogP contribution in [0, 0.1) is 18.6 Å². The minimum atomic E-state index is -0.986. The lowest BCUT2D eigenvalue weighted by Crippen LogP contribution is -2.40. The molecule has 2 aliphatic rings. The molecule has 2 aromatic carbocycles. The highest BCUT2D eigenvalue weighted by Crippen LogP contribution is 2.36. The highest BCUT2D eigenvalue weighted by molar-refractivity contribution is 5.91. The van der Waals surface area contributed by atoms with Crippen molar-refractivity contribution >= 4 is 23.3 Å². The Bertz CT molecular complexity index is 1500. The van der Waals surface area contributed by atoms with Gasteiger partial charge in [-0.05, 0) is 61.6 Å². The van der Waals surface area contributed by atoms with Gasteiger partial charge in [-0.3, -0.25) is 10.1 Å². The summed E-state index contributed by atoms with van der Waals surface area (Å²) in [6, 6.07) is 12.0. The van der Waals surface area contributed by atoms with Gasteiger partial charge in [0, 0.05) is 32.4 Å². The van der Waals surface area contributed by atoms with E-state index >= 15 is 0 Å². The van der Waals surface area contributed by atoms with Crippen LogP contribution in [-0.2, 0) is 14.3 Å². The number of hydrogen-bond donors (Lipinski definition) is 3. The number of halogens is 2. The molecule has 0 aliphatic carbocycles. The topological polar surface area (TPSA) is 118 Å². The lowest BCUT2D eigenvalue weighted by Gasteiger charge is -2.25. The fourth-order valence-corrected chi connectivity index (χ4v) is 5.56. The first kappa shape index (κ1) is 30.3. The van der Waals surface area contributed by atoms with Crippen LogP contribution in [0.2, 0.25) is 0 Å². The lowest BCUT2D eigenvalue weighted by atomic mass is 10.00. The van der Waals surface area contributed by atoms with Gasteiger partial charge < -0.3 is 24.8 Å². The number of nitrogens with one attached hydrogen (secondary N) is 2. The predicted octanol–water partition coefficient (Wildman–Crippen LogP) is 4.12. The van der Waals surface area contributed by atoms with Crippen molar-refractivity contribution in [2.24, 2.45) is 0 Å². The molecule has 3 N–H and O–H groups in total. The maximum Gasteiger partial charge on any atom is 0.320 e. The van der Waals surface area contributed by atoms with Gasteiger partial charge in [-0.15, -0.1) is 0 Å². The molecule has 0 bridgehead atoms. The van der Waals surface area contributed by atoms with E-state index in [4.69, 9.17) is 14.6 Å². The zero-order valence-corrected chi connectivity index (χ0v) is 24.1. The van der Waals surface area contributed by atoms with E-state index in [0.29, 0.717) is 56.0 Å². The van der Waals surface area contributed by atoms with E-state index in [2.05, 4.69) is 10.6 Å². The van der Waals surface area contributed by atoms with Gasteiger partial charge in [-0.2, -0.15) is 5.10 Å². The van der Waals surface area contributed by atoms with E-state index in [9.17, 15) is 23.5 Å². The maximum absolute atomic E-state index is 14.1. The third-order valence-electron chi connectivity index (χ3n) is 7.81. The van der Waals surface area contributed by atoms with E-state index in [1.54, 1.807) is 16.7 Å². The maximum atomic E-state index is 14.1. The molecule has 43 heavy (non-hydrogen) atoms. The zero-order valence-electron chi connectivity index (χ0n) is 24.1. The summed E-state index contributed by atoms with van der Waals surface area (Å²) in [6.45, 7) is 2.58. The fourth-order valence-electron chi connectivity index (χ4n) is 5.56. The number of carbonyl (C=O) groups excluding carboxylic acids is 2. The number of hydrogen-bond acceptors (Lipinski definition) is 6. The number of nitrogens with zero attached hydrogens (tertiary/aromatic N) is 3. The number of aromatic nitrogens is 2. The first-order valence-corrected chi connectivity index (χ1v) is 14.2. The monoisotopic (exact) mass is 595 g/mol. The number of benzene rings is 2. The molecule has 3 amide bonds. The highest BCUT2D eigenvalue weighted by atomic mass is 19.2. The average Bonchev–Trinajstić information content (AvgIpc) is 3.57. The van der Waals surface area contributed by atoms with Gasteiger partial charge >= 0.3 is 6.03 Å². The normalized spacial score (nSPS) is 20.2. The van der Waals surface area contributed by atoms with Gasteiger partial charge in [0.05, 0.1) is 23.5 Å². The quantitative estimate of drug-likeness (QED) is 0.343. The zero-order chi connectivity index (χ0) is 30.5. The Balaban J connectivity index is 1.40. The number of methoxy groups -OCH3 is 1. The van der Waals surface area contributed by atoms with Crippen LogP contribution in [0.4, 0.5) is 19.4 Å². The van der Waals surface area contributed by atoms with Crippen LogP contribution in [-0.4, -0.2) is 77.3 Å². The van der Waals surface area contributed by atoms with Crippen LogP contribution in [0.15, 0.2) is 54.6 Å². The standard InChI is InChI=1S/C31H35F2N5O5/c1-19-28(20-10-13-37(14-11-20)27(40)18-39)36-38(22-6-4-3-5-7-22)30(19)35-31(41)34-26-17-23(12-15-42-2)43-29(26)21-8-9-24(32)25(33)16-21/h3-10,16,23,26,29,39H,11-15,17-18H2,1-2H3,(H2,34,35,41)/t23-,26-,29+/m1/s1. The minimum Gasteiger partial charge on any atom is -0.387 e. The molecule has 1 fully saturated rings. The molecule has 3 heterocycles. The van der Waals surface area contributed by atoms with E-state index in [-0.39, 0.29) is 12.0 Å². The summed E-state index contributed by atoms with van der Waals surface area (Å²) in [5, 5.41) is 20.0. The number of para-hydroxylation sites is 1. The number of ether oxygens (including phenoxy) is 2. The number of carbonyl (C=O) groups is 2. The molecule has 5 rings (SSSR count). The third kappa shape index (κ3) is 6.76. The van der Waals surface area contributed by atoms with Gasteiger partial charge in [0.15, 0.2) is 11.6 Å². The van der Waals surface area contributed by atoms with Crippen molar-refractivity contribution in [1.29, 1.82) is 0 Å². The van der Waals surface area contributed by atoms with Crippen LogP contribution in [0.5, 0.6) is 0 Å². The summed E-state index contributed by atoms with van der Waals surface area (Å²) >= 11 is 0. The van der Waals surface area contributed by atoms with E-state index in [1.807, 2.05) is 43.3 Å². The van der Waals surface area contributed by atoms with Gasteiger partial charge in [0.1, 0.15) is 18.5 Å². The van der Waals surface area contributed by atoms with Gasteiger partial charge in [-0.25, -0.2) is 18.3 Å². The largest absolute Gasteiger partial charge is 0.387 e. The minimum absolute atomic E-state index is 0.248. The summed E-state index contributed by atoms with van der Waals surface area (Å²) < 4.78 is 40.8. The molecule has 0 spiro atoms. The molecule has 12 heteroatoms. The molecule has 3 aromatic rings. The molecule has 1 aromatic heterocycles. The number of aliphatic hydroxyl groups is 1.